The van der Waals surface area contributed by atoms with Crippen LogP contribution in [0, 0.1) is 0 Å². The Hall–Kier alpha value is -1.67. The lowest BCUT2D eigenvalue weighted by Crippen LogP contribution is -2.39. The second-order valence-electron chi connectivity index (χ2n) is 5.05. The molecule has 6 nitrogen and oxygen atoms in total. The molecule has 2 N–H and O–H groups in total. The van der Waals surface area contributed by atoms with E-state index in [1.807, 2.05) is 23.1 Å². The molecule has 22 heavy (non-hydrogen) atoms. The predicted octanol–water partition coefficient (Wildman–Crippen LogP) is 2.36. The Bertz CT molecular complexity index is 633. The molecule has 0 spiro atoms. The summed E-state index contributed by atoms with van der Waals surface area (Å²) in [6.07, 6.45) is 4.93. The van der Waals surface area contributed by atoms with Gasteiger partial charge in [0.15, 0.2) is 4.34 Å². The third-order valence-electron chi connectivity index (χ3n) is 3.59. The molecule has 3 heterocycles. The van der Waals surface area contributed by atoms with Gasteiger partial charge < -0.3 is 10.6 Å². The van der Waals surface area contributed by atoms with E-state index in [2.05, 4.69) is 15.2 Å². The number of aromatic nitrogens is 3. The number of likely N-dealkylation sites (tertiary alicyclic amines) is 1. The molecule has 1 saturated heterocycles. The van der Waals surface area contributed by atoms with Gasteiger partial charge in [0.05, 0.1) is 17.5 Å². The maximum absolute atomic E-state index is 12.6. The lowest BCUT2D eigenvalue weighted by Gasteiger charge is -2.35. The fourth-order valence-corrected chi connectivity index (χ4v) is 4.12. The van der Waals surface area contributed by atoms with Crippen molar-refractivity contribution in [2.24, 2.45) is 0 Å². The van der Waals surface area contributed by atoms with E-state index >= 15 is 0 Å². The molecule has 2 aromatic rings. The van der Waals surface area contributed by atoms with Crippen molar-refractivity contribution in [1.29, 1.82) is 0 Å². The van der Waals surface area contributed by atoms with Gasteiger partial charge >= 0.3 is 0 Å². The van der Waals surface area contributed by atoms with E-state index in [0.29, 0.717) is 10.9 Å². The number of pyridine rings is 1. The summed E-state index contributed by atoms with van der Waals surface area (Å²) in [5, 5.41) is 8.12. The van der Waals surface area contributed by atoms with Gasteiger partial charge in [0.2, 0.25) is 11.0 Å². The zero-order valence-electron chi connectivity index (χ0n) is 12.0. The predicted molar refractivity (Wildman–Crippen MR) is 87.6 cm³/mol. The van der Waals surface area contributed by atoms with Crippen molar-refractivity contribution in [3.63, 3.8) is 0 Å². The van der Waals surface area contributed by atoms with Crippen molar-refractivity contribution in [2.75, 3.05) is 18.0 Å². The highest BCUT2D eigenvalue weighted by atomic mass is 32.2. The van der Waals surface area contributed by atoms with E-state index in [1.54, 1.807) is 6.20 Å². The van der Waals surface area contributed by atoms with E-state index in [1.165, 1.54) is 23.1 Å². The maximum atomic E-state index is 12.6. The molecule has 1 aliphatic rings. The monoisotopic (exact) mass is 335 g/mol. The van der Waals surface area contributed by atoms with Crippen LogP contribution < -0.4 is 5.73 Å². The summed E-state index contributed by atoms with van der Waals surface area (Å²) in [5.41, 5.74) is 6.53. The summed E-state index contributed by atoms with van der Waals surface area (Å²) in [7, 11) is 0. The molecule has 1 amide bonds. The molecule has 0 bridgehead atoms. The number of piperidine rings is 1. The SMILES string of the molecule is Nc1nnc(SCC(=O)N2CCCC[C@@H]2c2ccccn2)s1. The molecule has 1 fully saturated rings. The molecule has 0 radical (unpaired) electrons. The quantitative estimate of drug-likeness (QED) is 0.863. The average Bonchev–Trinajstić information content (AvgIpc) is 2.99. The van der Waals surface area contributed by atoms with Crippen LogP contribution in [0.15, 0.2) is 28.7 Å². The Morgan fingerprint density at radius 3 is 3.05 bits per heavy atom. The van der Waals surface area contributed by atoms with Crippen LogP contribution in [-0.4, -0.2) is 38.3 Å². The zero-order valence-corrected chi connectivity index (χ0v) is 13.6. The van der Waals surface area contributed by atoms with Crippen LogP contribution in [0.2, 0.25) is 0 Å². The van der Waals surface area contributed by atoms with E-state index in [-0.39, 0.29) is 11.9 Å². The van der Waals surface area contributed by atoms with Crippen molar-refractivity contribution in [3.05, 3.63) is 30.1 Å². The third kappa shape index (κ3) is 3.56. The number of thioether (sulfide) groups is 1. The zero-order chi connectivity index (χ0) is 15.4. The summed E-state index contributed by atoms with van der Waals surface area (Å²) < 4.78 is 0.734. The van der Waals surface area contributed by atoms with E-state index < -0.39 is 0 Å². The Balaban J connectivity index is 1.66. The second kappa shape index (κ2) is 7.06. The number of nitrogens with two attached hydrogens (primary N) is 1. The first-order chi connectivity index (χ1) is 10.7. The molecule has 3 rings (SSSR count). The highest BCUT2D eigenvalue weighted by Gasteiger charge is 2.28. The summed E-state index contributed by atoms with van der Waals surface area (Å²) >= 11 is 2.70. The molecule has 0 saturated carbocycles. The van der Waals surface area contributed by atoms with Gasteiger partial charge in [-0.05, 0) is 31.4 Å². The fraction of sp³-hybridized carbons (Fsp3) is 0.429. The van der Waals surface area contributed by atoms with Crippen molar-refractivity contribution in [2.45, 2.75) is 29.6 Å². The van der Waals surface area contributed by atoms with Gasteiger partial charge in [0.1, 0.15) is 0 Å². The number of carbonyl (C=O) groups is 1. The van der Waals surface area contributed by atoms with E-state index in [4.69, 9.17) is 5.73 Å². The van der Waals surface area contributed by atoms with Gasteiger partial charge in [-0.3, -0.25) is 9.78 Å². The van der Waals surface area contributed by atoms with Crippen molar-refractivity contribution < 1.29 is 4.79 Å². The van der Waals surface area contributed by atoms with Gasteiger partial charge in [-0.1, -0.05) is 29.2 Å². The minimum atomic E-state index is 0.0857. The first-order valence-electron chi connectivity index (χ1n) is 7.16. The van der Waals surface area contributed by atoms with Gasteiger partial charge in [-0.15, -0.1) is 10.2 Å². The minimum absolute atomic E-state index is 0.0857. The largest absolute Gasteiger partial charge is 0.374 e. The fourth-order valence-electron chi connectivity index (χ4n) is 2.60. The number of hydrogen-bond acceptors (Lipinski definition) is 7. The van der Waals surface area contributed by atoms with Crippen molar-refractivity contribution >= 4 is 34.1 Å². The number of amides is 1. The molecule has 116 valence electrons. The Morgan fingerprint density at radius 2 is 2.32 bits per heavy atom. The molecule has 0 unspecified atom stereocenters. The van der Waals surface area contributed by atoms with Gasteiger partial charge in [-0.2, -0.15) is 0 Å². The third-order valence-corrected chi connectivity index (χ3v) is 5.46. The standard InChI is InChI=1S/C14H17N5OS2/c15-13-17-18-14(22-13)21-9-12(20)19-8-4-2-6-11(19)10-5-1-3-7-16-10/h1,3,5,7,11H,2,4,6,8-9H2,(H2,15,17)/t11-/m1/s1. The number of rotatable bonds is 4. The number of nitrogen functional groups attached to an aromatic ring is 1. The summed E-state index contributed by atoms with van der Waals surface area (Å²) in [4.78, 5) is 18.9. The molecule has 8 heteroatoms. The van der Waals surface area contributed by atoms with E-state index in [9.17, 15) is 4.79 Å². The summed E-state index contributed by atoms with van der Waals surface area (Å²) in [6, 6.07) is 5.95. The highest BCUT2D eigenvalue weighted by Crippen LogP contribution is 2.31. The Kier molecular flexibility index (Phi) is 4.89. The van der Waals surface area contributed by atoms with Crippen molar-refractivity contribution in [3.8, 4) is 0 Å². The van der Waals surface area contributed by atoms with Crippen LogP contribution in [-0.2, 0) is 4.79 Å². The average molecular weight is 335 g/mol. The maximum Gasteiger partial charge on any atom is 0.233 e. The van der Waals surface area contributed by atoms with Crippen LogP contribution in [0.25, 0.3) is 0 Å². The number of anilines is 1. The first-order valence-corrected chi connectivity index (χ1v) is 8.96. The number of carbonyl (C=O) groups excluding carboxylic acids is 1. The normalized spacial score (nSPS) is 18.4. The van der Waals surface area contributed by atoms with Crippen LogP contribution >= 0.6 is 23.1 Å². The molecule has 1 atom stereocenters. The van der Waals surface area contributed by atoms with Gasteiger partial charge in [0, 0.05) is 12.7 Å². The van der Waals surface area contributed by atoms with Crippen LogP contribution in [0.3, 0.4) is 0 Å². The molecule has 0 aromatic carbocycles. The summed E-state index contributed by atoms with van der Waals surface area (Å²) in [5.74, 6) is 0.479. The molecular weight excluding hydrogens is 318 g/mol. The van der Waals surface area contributed by atoms with Crippen molar-refractivity contribution in [1.82, 2.24) is 20.1 Å². The summed E-state index contributed by atoms with van der Waals surface area (Å²) in [6.45, 7) is 0.791. The van der Waals surface area contributed by atoms with Gasteiger partial charge in [0.25, 0.3) is 0 Å². The molecule has 2 aromatic heterocycles. The smallest absolute Gasteiger partial charge is 0.233 e. The van der Waals surface area contributed by atoms with Crippen LogP contribution in [0.4, 0.5) is 5.13 Å². The first kappa shape index (κ1) is 15.2. The molecule has 0 aliphatic carbocycles. The molecular formula is C14H17N5OS2. The molecule has 1 aliphatic heterocycles. The van der Waals surface area contributed by atoms with Crippen LogP contribution in [0.5, 0.6) is 0 Å². The Labute approximate surface area is 137 Å². The second-order valence-corrected chi connectivity index (χ2v) is 7.28. The lowest BCUT2D eigenvalue weighted by molar-refractivity contribution is -0.132. The van der Waals surface area contributed by atoms with Crippen LogP contribution in [0.1, 0.15) is 31.0 Å². The topological polar surface area (TPSA) is 85.0 Å². The highest BCUT2D eigenvalue weighted by molar-refractivity contribution is 8.01. The van der Waals surface area contributed by atoms with Gasteiger partial charge in [-0.25, -0.2) is 0 Å². The number of nitrogens with zero attached hydrogens (tertiary/aromatic N) is 4. The lowest BCUT2D eigenvalue weighted by atomic mass is 9.99. The Morgan fingerprint density at radius 1 is 1.41 bits per heavy atom. The minimum Gasteiger partial charge on any atom is -0.374 e. The van der Waals surface area contributed by atoms with E-state index in [0.717, 1.165) is 35.8 Å². The number of hydrogen-bond donors (Lipinski definition) is 1.